The molecule has 2 rings (SSSR count). The SMILES string of the molecule is Cc1ccncc1-c1ccc(Br)c(C(=O)O)c1. The van der Waals surface area contributed by atoms with Gasteiger partial charge in [0.2, 0.25) is 0 Å². The molecule has 0 saturated heterocycles. The molecule has 1 N–H and O–H groups in total. The summed E-state index contributed by atoms with van der Waals surface area (Å²) in [5.74, 6) is -0.944. The van der Waals surface area contributed by atoms with Crippen LogP contribution in [0.2, 0.25) is 0 Å². The van der Waals surface area contributed by atoms with Crippen molar-refractivity contribution in [3.8, 4) is 11.1 Å². The van der Waals surface area contributed by atoms with E-state index in [0.29, 0.717) is 4.47 Å². The largest absolute Gasteiger partial charge is 0.478 e. The Balaban J connectivity index is 2.58. The number of rotatable bonds is 2. The zero-order chi connectivity index (χ0) is 12.4. The summed E-state index contributed by atoms with van der Waals surface area (Å²) in [6, 6.07) is 7.17. The summed E-state index contributed by atoms with van der Waals surface area (Å²) in [5, 5.41) is 9.06. The van der Waals surface area contributed by atoms with E-state index >= 15 is 0 Å². The molecule has 0 fully saturated rings. The first kappa shape index (κ1) is 11.8. The highest BCUT2D eigenvalue weighted by atomic mass is 79.9. The van der Waals surface area contributed by atoms with E-state index < -0.39 is 5.97 Å². The summed E-state index contributed by atoms with van der Waals surface area (Å²) in [5.41, 5.74) is 3.13. The number of halogens is 1. The van der Waals surface area contributed by atoms with E-state index in [1.165, 1.54) is 0 Å². The minimum Gasteiger partial charge on any atom is -0.478 e. The van der Waals surface area contributed by atoms with Gasteiger partial charge in [-0.05, 0) is 52.2 Å². The number of carbonyl (C=O) groups is 1. The second-order valence-corrected chi connectivity index (χ2v) is 4.54. The molecule has 0 spiro atoms. The molecule has 0 aliphatic rings. The molecule has 0 aliphatic heterocycles. The standard InChI is InChI=1S/C13H10BrNO2/c1-8-4-5-15-7-11(8)9-2-3-12(14)10(6-9)13(16)17/h2-7H,1H3,(H,16,17). The monoisotopic (exact) mass is 291 g/mol. The topological polar surface area (TPSA) is 50.2 Å². The molecule has 0 aliphatic carbocycles. The van der Waals surface area contributed by atoms with Crippen molar-refractivity contribution in [2.45, 2.75) is 6.92 Å². The summed E-state index contributed by atoms with van der Waals surface area (Å²) in [6.45, 7) is 1.97. The number of aryl methyl sites for hydroxylation is 1. The van der Waals surface area contributed by atoms with Crippen LogP contribution in [0, 0.1) is 6.92 Å². The molecule has 0 atom stereocenters. The second-order valence-electron chi connectivity index (χ2n) is 3.69. The van der Waals surface area contributed by atoms with Gasteiger partial charge in [0.15, 0.2) is 0 Å². The molecule has 1 heterocycles. The number of aromatic carboxylic acids is 1. The summed E-state index contributed by atoms with van der Waals surface area (Å²) in [7, 11) is 0. The van der Waals surface area contributed by atoms with Crippen molar-refractivity contribution in [1.82, 2.24) is 4.98 Å². The minimum atomic E-state index is -0.944. The van der Waals surface area contributed by atoms with Gasteiger partial charge in [-0.25, -0.2) is 4.79 Å². The third kappa shape index (κ3) is 2.36. The van der Waals surface area contributed by atoms with Crippen molar-refractivity contribution in [1.29, 1.82) is 0 Å². The average molecular weight is 292 g/mol. The molecule has 0 radical (unpaired) electrons. The molecule has 86 valence electrons. The predicted octanol–water partition coefficient (Wildman–Crippen LogP) is 3.52. The molecular formula is C13H10BrNO2. The lowest BCUT2D eigenvalue weighted by Gasteiger charge is -2.07. The highest BCUT2D eigenvalue weighted by Gasteiger charge is 2.10. The highest BCUT2D eigenvalue weighted by molar-refractivity contribution is 9.10. The summed E-state index contributed by atoms with van der Waals surface area (Å²) in [6.07, 6.45) is 3.46. The molecule has 3 nitrogen and oxygen atoms in total. The van der Waals surface area contributed by atoms with E-state index in [9.17, 15) is 4.79 Å². The first-order chi connectivity index (χ1) is 8.09. The van der Waals surface area contributed by atoms with Crippen LogP contribution in [0.4, 0.5) is 0 Å². The van der Waals surface area contributed by atoms with E-state index in [1.807, 2.05) is 19.1 Å². The Labute approximate surface area is 107 Å². The van der Waals surface area contributed by atoms with Crippen LogP contribution < -0.4 is 0 Å². The summed E-state index contributed by atoms with van der Waals surface area (Å²) in [4.78, 5) is 15.1. The smallest absolute Gasteiger partial charge is 0.336 e. The molecule has 0 unspecified atom stereocenters. The van der Waals surface area contributed by atoms with Crippen LogP contribution in [-0.2, 0) is 0 Å². The van der Waals surface area contributed by atoms with Crippen molar-refractivity contribution in [2.24, 2.45) is 0 Å². The van der Waals surface area contributed by atoms with E-state index in [1.54, 1.807) is 24.5 Å². The van der Waals surface area contributed by atoms with Gasteiger partial charge in [0.1, 0.15) is 0 Å². The average Bonchev–Trinajstić information content (AvgIpc) is 2.30. The lowest BCUT2D eigenvalue weighted by molar-refractivity contribution is 0.0696. The molecule has 0 amide bonds. The lowest BCUT2D eigenvalue weighted by Crippen LogP contribution is -1.98. The fourth-order valence-corrected chi connectivity index (χ4v) is 2.04. The number of hydrogen-bond acceptors (Lipinski definition) is 2. The van der Waals surface area contributed by atoms with Gasteiger partial charge in [0.25, 0.3) is 0 Å². The second kappa shape index (κ2) is 4.67. The van der Waals surface area contributed by atoms with E-state index in [2.05, 4.69) is 20.9 Å². The van der Waals surface area contributed by atoms with Crippen LogP contribution in [0.1, 0.15) is 15.9 Å². The van der Waals surface area contributed by atoms with Crippen molar-refractivity contribution in [2.75, 3.05) is 0 Å². The van der Waals surface area contributed by atoms with Gasteiger partial charge in [-0.1, -0.05) is 6.07 Å². The fourth-order valence-electron chi connectivity index (χ4n) is 1.62. The van der Waals surface area contributed by atoms with Gasteiger partial charge >= 0.3 is 5.97 Å². The Bertz CT molecular complexity index is 581. The van der Waals surface area contributed by atoms with Gasteiger partial charge in [-0.2, -0.15) is 0 Å². The van der Waals surface area contributed by atoms with E-state index in [-0.39, 0.29) is 5.56 Å². The quantitative estimate of drug-likeness (QED) is 0.921. The zero-order valence-electron chi connectivity index (χ0n) is 9.14. The number of nitrogens with zero attached hydrogens (tertiary/aromatic N) is 1. The minimum absolute atomic E-state index is 0.255. The number of benzene rings is 1. The molecule has 1 aromatic carbocycles. The number of aromatic nitrogens is 1. The predicted molar refractivity (Wildman–Crippen MR) is 69.1 cm³/mol. The third-order valence-corrected chi connectivity index (χ3v) is 3.24. The van der Waals surface area contributed by atoms with Gasteiger partial charge in [0, 0.05) is 22.4 Å². The number of hydrogen-bond donors (Lipinski definition) is 1. The lowest BCUT2D eigenvalue weighted by atomic mass is 10.0. The molecule has 1 aromatic heterocycles. The number of pyridine rings is 1. The Morgan fingerprint density at radius 2 is 2.12 bits per heavy atom. The third-order valence-electron chi connectivity index (χ3n) is 2.55. The Hall–Kier alpha value is -1.68. The molecule has 4 heteroatoms. The van der Waals surface area contributed by atoms with Crippen LogP contribution in [0.15, 0.2) is 41.1 Å². The van der Waals surface area contributed by atoms with Crippen LogP contribution in [-0.4, -0.2) is 16.1 Å². The maximum Gasteiger partial charge on any atom is 0.336 e. The van der Waals surface area contributed by atoms with Gasteiger partial charge < -0.3 is 5.11 Å². The van der Waals surface area contributed by atoms with Crippen molar-refractivity contribution in [3.05, 3.63) is 52.3 Å². The molecule has 0 saturated carbocycles. The van der Waals surface area contributed by atoms with Crippen molar-refractivity contribution >= 4 is 21.9 Å². The van der Waals surface area contributed by atoms with Crippen LogP contribution in [0.25, 0.3) is 11.1 Å². The Morgan fingerprint density at radius 1 is 1.35 bits per heavy atom. The first-order valence-electron chi connectivity index (χ1n) is 5.03. The van der Waals surface area contributed by atoms with Gasteiger partial charge in [-0.15, -0.1) is 0 Å². The zero-order valence-corrected chi connectivity index (χ0v) is 10.7. The van der Waals surface area contributed by atoms with Crippen LogP contribution in [0.3, 0.4) is 0 Å². The van der Waals surface area contributed by atoms with Crippen molar-refractivity contribution < 1.29 is 9.90 Å². The normalized spacial score (nSPS) is 10.2. The molecule has 2 aromatic rings. The number of carboxylic acid groups (broad SMARTS) is 1. The maximum absolute atomic E-state index is 11.0. The Morgan fingerprint density at radius 3 is 2.76 bits per heavy atom. The fraction of sp³-hybridized carbons (Fsp3) is 0.0769. The van der Waals surface area contributed by atoms with Crippen LogP contribution in [0.5, 0.6) is 0 Å². The summed E-state index contributed by atoms with van der Waals surface area (Å²) < 4.78 is 0.579. The van der Waals surface area contributed by atoms with Gasteiger partial charge in [-0.3, -0.25) is 4.98 Å². The van der Waals surface area contributed by atoms with E-state index in [4.69, 9.17) is 5.11 Å². The van der Waals surface area contributed by atoms with Crippen LogP contribution >= 0.6 is 15.9 Å². The maximum atomic E-state index is 11.0. The van der Waals surface area contributed by atoms with E-state index in [0.717, 1.165) is 16.7 Å². The highest BCUT2D eigenvalue weighted by Crippen LogP contribution is 2.27. The molecule has 17 heavy (non-hydrogen) atoms. The molecular weight excluding hydrogens is 282 g/mol. The molecule has 0 bridgehead atoms. The van der Waals surface area contributed by atoms with Crippen molar-refractivity contribution in [3.63, 3.8) is 0 Å². The summed E-state index contributed by atoms with van der Waals surface area (Å²) >= 11 is 3.23. The first-order valence-corrected chi connectivity index (χ1v) is 5.82. The Kier molecular flexibility index (Phi) is 3.24. The van der Waals surface area contributed by atoms with Gasteiger partial charge in [0.05, 0.1) is 5.56 Å². The number of carboxylic acids is 1.